The van der Waals surface area contributed by atoms with E-state index in [0.29, 0.717) is 39.0 Å². The molecule has 5 nitrogen and oxygen atoms in total. The van der Waals surface area contributed by atoms with Gasteiger partial charge in [-0.1, -0.05) is 11.6 Å². The van der Waals surface area contributed by atoms with Gasteiger partial charge in [0, 0.05) is 44.2 Å². The first-order chi connectivity index (χ1) is 12.3. The average molecular weight is 373 g/mol. The Morgan fingerprint density at radius 3 is 2.46 bits per heavy atom. The molecule has 8 heteroatoms. The minimum absolute atomic E-state index is 0.0539. The van der Waals surface area contributed by atoms with Gasteiger partial charge in [-0.05, 0) is 33.1 Å². The summed E-state index contributed by atoms with van der Waals surface area (Å²) in [6.45, 7) is 7.07. The van der Waals surface area contributed by atoms with Gasteiger partial charge in [0.15, 0.2) is 0 Å². The van der Waals surface area contributed by atoms with E-state index >= 15 is 0 Å². The van der Waals surface area contributed by atoms with E-state index in [1.54, 1.807) is 4.90 Å². The highest BCUT2D eigenvalue weighted by atomic mass is 19.4. The van der Waals surface area contributed by atoms with Crippen LogP contribution in [0.3, 0.4) is 0 Å². The van der Waals surface area contributed by atoms with Crippen LogP contribution in [0.1, 0.15) is 42.7 Å². The highest BCUT2D eigenvalue weighted by molar-refractivity contribution is 5.79. The summed E-state index contributed by atoms with van der Waals surface area (Å²) in [6, 6.07) is 0. The first-order valence-electron chi connectivity index (χ1n) is 9.25. The molecule has 0 N–H and O–H groups in total. The molecule has 2 fully saturated rings. The van der Waals surface area contributed by atoms with Crippen LogP contribution in [0, 0.1) is 25.7 Å². The third-order valence-electron chi connectivity index (χ3n) is 5.73. The highest BCUT2D eigenvalue weighted by Gasteiger charge is 2.44. The van der Waals surface area contributed by atoms with Crippen LogP contribution in [-0.2, 0) is 11.3 Å². The molecule has 1 saturated heterocycles. The average Bonchev–Trinajstić information content (AvgIpc) is 2.93. The van der Waals surface area contributed by atoms with Crippen LogP contribution in [0.5, 0.6) is 0 Å². The van der Waals surface area contributed by atoms with Gasteiger partial charge in [-0.15, -0.1) is 0 Å². The molecule has 2 aliphatic rings. The predicted octanol–water partition coefficient (Wildman–Crippen LogP) is 3.30. The lowest BCUT2D eigenvalue weighted by Crippen LogP contribution is -2.50. The SMILES string of the molecule is Cc1noc(C)c1CN1CCN(C(=O)C2CCCC(C(F)(F)F)C2)CC1. The molecule has 26 heavy (non-hydrogen) atoms. The Labute approximate surface area is 151 Å². The second-order valence-corrected chi connectivity index (χ2v) is 7.51. The van der Waals surface area contributed by atoms with Crippen molar-refractivity contribution in [2.75, 3.05) is 26.2 Å². The largest absolute Gasteiger partial charge is 0.391 e. The first-order valence-corrected chi connectivity index (χ1v) is 9.25. The van der Waals surface area contributed by atoms with Gasteiger partial charge in [-0.25, -0.2) is 0 Å². The molecule has 3 rings (SSSR count). The topological polar surface area (TPSA) is 49.6 Å². The zero-order chi connectivity index (χ0) is 18.9. The number of aryl methyl sites for hydroxylation is 2. The third kappa shape index (κ3) is 4.22. The van der Waals surface area contributed by atoms with Crippen molar-refractivity contribution in [1.29, 1.82) is 0 Å². The number of amides is 1. The van der Waals surface area contributed by atoms with Gasteiger partial charge in [0.2, 0.25) is 5.91 Å². The fourth-order valence-corrected chi connectivity index (χ4v) is 4.05. The summed E-state index contributed by atoms with van der Waals surface area (Å²) < 4.78 is 44.1. The van der Waals surface area contributed by atoms with Gasteiger partial charge in [0.05, 0.1) is 11.6 Å². The van der Waals surface area contributed by atoms with E-state index in [1.807, 2.05) is 13.8 Å². The van der Waals surface area contributed by atoms with E-state index in [2.05, 4.69) is 10.1 Å². The Kier molecular flexibility index (Phi) is 5.60. The van der Waals surface area contributed by atoms with Crippen molar-refractivity contribution in [3.63, 3.8) is 0 Å². The fraction of sp³-hybridized carbons (Fsp3) is 0.778. The van der Waals surface area contributed by atoms with Crippen molar-refractivity contribution in [2.45, 2.75) is 52.3 Å². The summed E-state index contributed by atoms with van der Waals surface area (Å²) in [5.41, 5.74) is 1.95. The molecule has 1 aliphatic heterocycles. The van der Waals surface area contributed by atoms with E-state index in [-0.39, 0.29) is 18.7 Å². The smallest absolute Gasteiger partial charge is 0.361 e. The van der Waals surface area contributed by atoms with Crippen LogP contribution in [0.2, 0.25) is 0 Å². The zero-order valence-corrected chi connectivity index (χ0v) is 15.3. The standard InChI is InChI=1S/C18H26F3N3O2/c1-12-16(13(2)26-22-12)11-23-6-8-24(9-7-23)17(25)14-4-3-5-15(10-14)18(19,20)21/h14-15H,3-11H2,1-2H3. The second-order valence-electron chi connectivity index (χ2n) is 7.51. The maximum Gasteiger partial charge on any atom is 0.391 e. The van der Waals surface area contributed by atoms with Crippen LogP contribution in [0.15, 0.2) is 4.52 Å². The minimum Gasteiger partial charge on any atom is -0.361 e. The monoisotopic (exact) mass is 373 g/mol. The van der Waals surface area contributed by atoms with Crippen molar-refractivity contribution >= 4 is 5.91 Å². The van der Waals surface area contributed by atoms with Crippen molar-refractivity contribution < 1.29 is 22.5 Å². The van der Waals surface area contributed by atoms with Crippen molar-refractivity contribution in [3.8, 4) is 0 Å². The van der Waals surface area contributed by atoms with Crippen molar-refractivity contribution in [1.82, 2.24) is 15.0 Å². The van der Waals surface area contributed by atoms with Gasteiger partial charge >= 0.3 is 6.18 Å². The molecule has 2 heterocycles. The molecule has 1 amide bonds. The quantitative estimate of drug-likeness (QED) is 0.816. The molecule has 0 bridgehead atoms. The number of alkyl halides is 3. The molecule has 1 aromatic heterocycles. The number of piperazine rings is 1. The molecule has 2 atom stereocenters. The number of nitrogens with zero attached hydrogens (tertiary/aromatic N) is 3. The number of carbonyl (C=O) groups is 1. The van der Waals surface area contributed by atoms with Gasteiger partial charge in [-0.3, -0.25) is 9.69 Å². The van der Waals surface area contributed by atoms with Crippen LogP contribution in [-0.4, -0.2) is 53.2 Å². The summed E-state index contributed by atoms with van der Waals surface area (Å²) >= 11 is 0. The maximum absolute atomic E-state index is 13.0. The third-order valence-corrected chi connectivity index (χ3v) is 5.73. The first kappa shape index (κ1) is 19.2. The van der Waals surface area contributed by atoms with Gasteiger partial charge in [0.25, 0.3) is 0 Å². The lowest BCUT2D eigenvalue weighted by Gasteiger charge is -2.38. The Balaban J connectivity index is 1.52. The van der Waals surface area contributed by atoms with E-state index in [4.69, 9.17) is 4.52 Å². The van der Waals surface area contributed by atoms with Gasteiger partial charge in [-0.2, -0.15) is 13.2 Å². The lowest BCUT2D eigenvalue weighted by molar-refractivity contribution is -0.187. The summed E-state index contributed by atoms with van der Waals surface area (Å²) in [6.07, 6.45) is -3.04. The minimum atomic E-state index is -4.19. The second kappa shape index (κ2) is 7.58. The Morgan fingerprint density at radius 1 is 1.19 bits per heavy atom. The molecular formula is C18H26F3N3O2. The summed E-state index contributed by atoms with van der Waals surface area (Å²) in [5, 5.41) is 3.95. The number of rotatable bonds is 3. The molecule has 0 radical (unpaired) electrons. The Morgan fingerprint density at radius 2 is 1.88 bits per heavy atom. The van der Waals surface area contributed by atoms with E-state index in [1.165, 1.54) is 0 Å². The van der Waals surface area contributed by atoms with E-state index < -0.39 is 18.0 Å². The summed E-state index contributed by atoms with van der Waals surface area (Å²) in [4.78, 5) is 16.6. The van der Waals surface area contributed by atoms with E-state index in [0.717, 1.165) is 23.6 Å². The fourth-order valence-electron chi connectivity index (χ4n) is 4.05. The normalized spacial score (nSPS) is 25.5. The molecule has 1 aromatic rings. The van der Waals surface area contributed by atoms with Crippen LogP contribution >= 0.6 is 0 Å². The predicted molar refractivity (Wildman–Crippen MR) is 89.3 cm³/mol. The van der Waals surface area contributed by atoms with Crippen LogP contribution < -0.4 is 0 Å². The highest BCUT2D eigenvalue weighted by Crippen LogP contribution is 2.40. The number of carbonyl (C=O) groups excluding carboxylic acids is 1. The van der Waals surface area contributed by atoms with Crippen LogP contribution in [0.4, 0.5) is 13.2 Å². The summed E-state index contributed by atoms with van der Waals surface area (Å²) in [7, 11) is 0. The van der Waals surface area contributed by atoms with Crippen molar-refractivity contribution in [2.24, 2.45) is 11.8 Å². The maximum atomic E-state index is 13.0. The zero-order valence-electron chi connectivity index (χ0n) is 15.3. The number of halogens is 3. The van der Waals surface area contributed by atoms with Crippen LogP contribution in [0.25, 0.3) is 0 Å². The van der Waals surface area contributed by atoms with Gasteiger partial charge < -0.3 is 9.42 Å². The van der Waals surface area contributed by atoms with E-state index in [9.17, 15) is 18.0 Å². The molecule has 146 valence electrons. The van der Waals surface area contributed by atoms with Crippen molar-refractivity contribution in [3.05, 3.63) is 17.0 Å². The molecule has 1 saturated carbocycles. The number of aromatic nitrogens is 1. The molecular weight excluding hydrogens is 347 g/mol. The Hall–Kier alpha value is -1.57. The summed E-state index contributed by atoms with van der Waals surface area (Å²) in [5.74, 6) is -1.10. The lowest BCUT2D eigenvalue weighted by atomic mass is 9.80. The Bertz CT molecular complexity index is 617. The number of hydrogen-bond acceptors (Lipinski definition) is 4. The number of hydrogen-bond donors (Lipinski definition) is 0. The molecule has 1 aliphatic carbocycles. The molecule has 0 aromatic carbocycles. The molecule has 2 unspecified atom stereocenters. The van der Waals surface area contributed by atoms with Gasteiger partial charge in [0.1, 0.15) is 5.76 Å². The molecule has 0 spiro atoms.